The summed E-state index contributed by atoms with van der Waals surface area (Å²) >= 11 is 5.36. The van der Waals surface area contributed by atoms with Crippen LogP contribution in [0.1, 0.15) is 0 Å². The van der Waals surface area contributed by atoms with Gasteiger partial charge in [0.05, 0.1) is 6.20 Å². The lowest BCUT2D eigenvalue weighted by molar-refractivity contribution is 0.353. The Bertz CT molecular complexity index is 151. The van der Waals surface area contributed by atoms with E-state index in [-0.39, 0.29) is 5.75 Å². The summed E-state index contributed by atoms with van der Waals surface area (Å²) in [7, 11) is 0. The van der Waals surface area contributed by atoms with Crippen molar-refractivity contribution in [3.8, 4) is 5.75 Å². The third-order valence-corrected chi connectivity index (χ3v) is 0.924. The summed E-state index contributed by atoms with van der Waals surface area (Å²) < 4.78 is 0. The van der Waals surface area contributed by atoms with Crippen LogP contribution in [0.5, 0.6) is 5.75 Å². The molecule has 0 aliphatic carbocycles. The normalized spacial score (nSPS) is 9.12. The number of pyridine rings is 1. The standard InChI is InChI=1S/C5H3ClNO/c6-5-2-1-4(8)3-7-5/h1-3H. The third kappa shape index (κ3) is 1.10. The van der Waals surface area contributed by atoms with E-state index >= 15 is 0 Å². The van der Waals surface area contributed by atoms with E-state index < -0.39 is 0 Å². The second-order valence-electron chi connectivity index (χ2n) is 1.32. The van der Waals surface area contributed by atoms with Crippen LogP contribution in [0.3, 0.4) is 0 Å². The summed E-state index contributed by atoms with van der Waals surface area (Å²) in [6.45, 7) is 0. The van der Waals surface area contributed by atoms with Crippen molar-refractivity contribution in [3.63, 3.8) is 0 Å². The van der Waals surface area contributed by atoms with Crippen molar-refractivity contribution in [2.45, 2.75) is 0 Å². The van der Waals surface area contributed by atoms with Gasteiger partial charge in [0.2, 0.25) is 0 Å². The highest BCUT2D eigenvalue weighted by Crippen LogP contribution is 2.09. The van der Waals surface area contributed by atoms with Crippen molar-refractivity contribution in [3.05, 3.63) is 23.5 Å². The van der Waals surface area contributed by atoms with E-state index in [1.807, 2.05) is 0 Å². The van der Waals surface area contributed by atoms with Gasteiger partial charge in [-0.15, -0.1) is 0 Å². The Labute approximate surface area is 51.7 Å². The van der Waals surface area contributed by atoms with Crippen LogP contribution in [0.2, 0.25) is 5.15 Å². The van der Waals surface area contributed by atoms with Crippen molar-refractivity contribution in [1.29, 1.82) is 0 Å². The minimum absolute atomic E-state index is 0.116. The van der Waals surface area contributed by atoms with Crippen molar-refractivity contribution in [2.24, 2.45) is 0 Å². The molecule has 1 aromatic heterocycles. The molecule has 1 aromatic rings. The number of hydrogen-bond donors (Lipinski definition) is 0. The van der Waals surface area contributed by atoms with Crippen LogP contribution in [0, 0.1) is 0 Å². The molecule has 1 radical (unpaired) electrons. The maximum atomic E-state index is 10.3. The lowest BCUT2D eigenvalue weighted by Crippen LogP contribution is -1.68. The van der Waals surface area contributed by atoms with Gasteiger partial charge in [0.15, 0.2) is 5.75 Å². The zero-order chi connectivity index (χ0) is 5.98. The highest BCUT2D eigenvalue weighted by Gasteiger charge is 1.87. The molecule has 0 spiro atoms. The molecule has 1 heterocycles. The van der Waals surface area contributed by atoms with Crippen LogP contribution in [0.4, 0.5) is 0 Å². The maximum absolute atomic E-state index is 10.3. The predicted octanol–water partition coefficient (Wildman–Crippen LogP) is 1.88. The topological polar surface area (TPSA) is 32.8 Å². The van der Waals surface area contributed by atoms with Crippen LogP contribution < -0.4 is 0 Å². The van der Waals surface area contributed by atoms with Gasteiger partial charge in [-0.05, 0) is 12.1 Å². The van der Waals surface area contributed by atoms with Gasteiger partial charge in [-0.2, -0.15) is 0 Å². The van der Waals surface area contributed by atoms with E-state index in [4.69, 9.17) is 11.6 Å². The molecule has 1 rings (SSSR count). The number of rotatable bonds is 0. The molecule has 0 bridgehead atoms. The quantitative estimate of drug-likeness (QED) is 0.491. The number of halogens is 1. The summed E-state index contributed by atoms with van der Waals surface area (Å²) in [6, 6.07) is 2.83. The van der Waals surface area contributed by atoms with Gasteiger partial charge in [-0.25, -0.2) is 4.98 Å². The first kappa shape index (κ1) is 5.38. The average Bonchev–Trinajstić information content (AvgIpc) is 1.77. The van der Waals surface area contributed by atoms with Gasteiger partial charge >= 0.3 is 0 Å². The second kappa shape index (κ2) is 2.01. The Hall–Kier alpha value is -0.760. The fourth-order valence-corrected chi connectivity index (χ4v) is 0.474. The van der Waals surface area contributed by atoms with E-state index in [9.17, 15) is 5.11 Å². The van der Waals surface area contributed by atoms with E-state index in [2.05, 4.69) is 4.98 Å². The molecule has 0 N–H and O–H groups in total. The van der Waals surface area contributed by atoms with Crippen LogP contribution in [0.25, 0.3) is 0 Å². The molecule has 0 amide bonds. The number of aromatic nitrogens is 1. The molecule has 2 nitrogen and oxygen atoms in total. The highest BCUT2D eigenvalue weighted by atomic mass is 35.5. The van der Waals surface area contributed by atoms with Crippen molar-refractivity contribution in [2.75, 3.05) is 0 Å². The van der Waals surface area contributed by atoms with Crippen LogP contribution in [-0.2, 0) is 5.11 Å². The lowest BCUT2D eigenvalue weighted by atomic mass is 10.5. The molecule has 0 atom stereocenters. The highest BCUT2D eigenvalue weighted by molar-refractivity contribution is 6.29. The Morgan fingerprint density at radius 1 is 1.50 bits per heavy atom. The molecule has 0 fully saturated rings. The fourth-order valence-electron chi connectivity index (χ4n) is 0.362. The van der Waals surface area contributed by atoms with Crippen molar-refractivity contribution >= 4 is 11.6 Å². The van der Waals surface area contributed by atoms with Crippen LogP contribution >= 0.6 is 11.6 Å². The summed E-state index contributed by atoms with van der Waals surface area (Å²) in [5, 5.41) is 10.7. The smallest absolute Gasteiger partial charge is 0.196 e. The zero-order valence-corrected chi connectivity index (χ0v) is 4.72. The summed E-state index contributed by atoms with van der Waals surface area (Å²) in [6.07, 6.45) is 1.18. The molecular formula is C5H3ClNO. The van der Waals surface area contributed by atoms with Gasteiger partial charge in [-0.3, -0.25) is 5.11 Å². The van der Waals surface area contributed by atoms with Gasteiger partial charge in [-0.1, -0.05) is 11.6 Å². The lowest BCUT2D eigenvalue weighted by Gasteiger charge is -1.83. The largest absolute Gasteiger partial charge is 0.288 e. The first-order valence-electron chi connectivity index (χ1n) is 2.07. The summed E-state index contributed by atoms with van der Waals surface area (Å²) in [4.78, 5) is 3.53. The van der Waals surface area contributed by atoms with Gasteiger partial charge in [0.25, 0.3) is 0 Å². The molecule has 41 valence electrons. The summed E-state index contributed by atoms with van der Waals surface area (Å²) in [5.74, 6) is -0.116. The first-order valence-corrected chi connectivity index (χ1v) is 2.45. The van der Waals surface area contributed by atoms with E-state index in [0.29, 0.717) is 5.15 Å². The van der Waals surface area contributed by atoms with Gasteiger partial charge < -0.3 is 0 Å². The molecule has 0 aromatic carbocycles. The fraction of sp³-hybridized carbons (Fsp3) is 0. The van der Waals surface area contributed by atoms with Crippen LogP contribution in [0.15, 0.2) is 18.3 Å². The van der Waals surface area contributed by atoms with Crippen molar-refractivity contribution < 1.29 is 5.11 Å². The average molecular weight is 129 g/mol. The molecule has 8 heavy (non-hydrogen) atoms. The molecule has 0 saturated heterocycles. The van der Waals surface area contributed by atoms with E-state index in [1.165, 1.54) is 18.3 Å². The molecule has 3 heteroatoms. The zero-order valence-electron chi connectivity index (χ0n) is 3.97. The SMILES string of the molecule is [O]c1ccc(Cl)nc1. The first-order chi connectivity index (χ1) is 3.79. The monoisotopic (exact) mass is 128 g/mol. The van der Waals surface area contributed by atoms with Crippen LogP contribution in [-0.4, -0.2) is 4.98 Å². The van der Waals surface area contributed by atoms with Crippen molar-refractivity contribution in [1.82, 2.24) is 4.98 Å². The van der Waals surface area contributed by atoms with E-state index in [0.717, 1.165) is 0 Å². The minimum Gasteiger partial charge on any atom is -0.288 e. The number of nitrogens with zero attached hydrogens (tertiary/aromatic N) is 1. The predicted molar refractivity (Wildman–Crippen MR) is 29.4 cm³/mol. The Morgan fingerprint density at radius 3 is 2.62 bits per heavy atom. The molecule has 0 saturated carbocycles. The Balaban J connectivity index is 3.03. The van der Waals surface area contributed by atoms with Gasteiger partial charge in [0.1, 0.15) is 5.15 Å². The van der Waals surface area contributed by atoms with Gasteiger partial charge in [0, 0.05) is 0 Å². The Kier molecular flexibility index (Phi) is 1.35. The molecule has 0 unspecified atom stereocenters. The van der Waals surface area contributed by atoms with E-state index in [1.54, 1.807) is 0 Å². The molecule has 0 aliphatic heterocycles. The minimum atomic E-state index is -0.116. The number of hydrogen-bond acceptors (Lipinski definition) is 1. The maximum Gasteiger partial charge on any atom is 0.196 e. The Morgan fingerprint density at radius 2 is 2.25 bits per heavy atom. The molecular weight excluding hydrogens is 126 g/mol. The summed E-state index contributed by atoms with van der Waals surface area (Å²) in [5.41, 5.74) is 0. The molecule has 0 aliphatic rings. The third-order valence-electron chi connectivity index (χ3n) is 0.700. The second-order valence-corrected chi connectivity index (χ2v) is 1.70.